The fourth-order valence-corrected chi connectivity index (χ4v) is 1.57. The third-order valence-corrected chi connectivity index (χ3v) is 2.69. The molecular weight excluding hydrogens is 247 g/mol. The average Bonchev–Trinajstić information content (AvgIpc) is 2.83. The molecule has 1 aromatic carbocycles. The van der Waals surface area contributed by atoms with Crippen LogP contribution in [0.3, 0.4) is 0 Å². The average molecular weight is 260 g/mol. The summed E-state index contributed by atoms with van der Waals surface area (Å²) in [4.78, 5) is 11.8. The van der Waals surface area contributed by atoms with Gasteiger partial charge in [-0.25, -0.2) is 9.82 Å². The molecule has 0 bridgehead atoms. The summed E-state index contributed by atoms with van der Waals surface area (Å²) >= 11 is 0. The lowest BCUT2D eigenvalue weighted by Crippen LogP contribution is -2.19. The first-order chi connectivity index (χ1) is 9.08. The van der Waals surface area contributed by atoms with Gasteiger partial charge < -0.3 is 4.42 Å². The third-order valence-electron chi connectivity index (χ3n) is 2.69. The second kappa shape index (κ2) is 5.48. The van der Waals surface area contributed by atoms with Crippen LogP contribution in [0.2, 0.25) is 0 Å². The predicted octanol–water partition coefficient (Wildman–Crippen LogP) is 2.88. The van der Waals surface area contributed by atoms with Gasteiger partial charge in [-0.15, -0.1) is 0 Å². The van der Waals surface area contributed by atoms with Crippen LogP contribution in [0.25, 0.3) is 0 Å². The molecule has 1 N–H and O–H groups in total. The van der Waals surface area contributed by atoms with Crippen molar-refractivity contribution in [2.75, 3.05) is 0 Å². The van der Waals surface area contributed by atoms with Crippen molar-refractivity contribution in [1.82, 2.24) is 5.43 Å². The van der Waals surface area contributed by atoms with Gasteiger partial charge in [0, 0.05) is 0 Å². The van der Waals surface area contributed by atoms with Gasteiger partial charge in [-0.1, -0.05) is 12.1 Å². The molecule has 4 nitrogen and oxygen atoms in total. The maximum atomic E-state index is 12.8. The number of hydrogen-bond donors (Lipinski definition) is 1. The molecule has 5 heteroatoms. The quantitative estimate of drug-likeness (QED) is 0.681. The van der Waals surface area contributed by atoms with Crippen molar-refractivity contribution in [2.45, 2.75) is 13.8 Å². The number of benzene rings is 1. The van der Waals surface area contributed by atoms with Crippen LogP contribution in [0.4, 0.5) is 4.39 Å². The summed E-state index contributed by atoms with van der Waals surface area (Å²) in [5.74, 6) is -0.116. The molecule has 2 aromatic rings. The second-order valence-corrected chi connectivity index (χ2v) is 4.04. The summed E-state index contributed by atoms with van der Waals surface area (Å²) in [5, 5.41) is 3.97. The number of aryl methyl sites for hydroxylation is 1. The van der Waals surface area contributed by atoms with Crippen molar-refractivity contribution in [1.29, 1.82) is 0 Å². The first kappa shape index (κ1) is 13.0. The molecule has 0 radical (unpaired) electrons. The summed E-state index contributed by atoms with van der Waals surface area (Å²) in [6, 6.07) is 7.47. The van der Waals surface area contributed by atoms with Gasteiger partial charge in [0.2, 0.25) is 0 Å². The maximum absolute atomic E-state index is 12.8. The minimum Gasteiger partial charge on any atom is -0.469 e. The van der Waals surface area contributed by atoms with Crippen LogP contribution >= 0.6 is 0 Å². The van der Waals surface area contributed by atoms with E-state index in [1.165, 1.54) is 18.4 Å². The van der Waals surface area contributed by atoms with E-state index in [-0.39, 0.29) is 11.7 Å². The summed E-state index contributed by atoms with van der Waals surface area (Å²) in [6.07, 6.45) is 1.45. The van der Waals surface area contributed by atoms with E-state index in [9.17, 15) is 9.18 Å². The van der Waals surface area contributed by atoms with Gasteiger partial charge in [0.15, 0.2) is 0 Å². The number of amides is 1. The van der Waals surface area contributed by atoms with E-state index in [0.29, 0.717) is 17.0 Å². The van der Waals surface area contributed by atoms with Crippen LogP contribution in [-0.4, -0.2) is 11.6 Å². The Morgan fingerprint density at radius 1 is 1.26 bits per heavy atom. The fourth-order valence-electron chi connectivity index (χ4n) is 1.57. The van der Waals surface area contributed by atoms with Crippen molar-refractivity contribution in [2.24, 2.45) is 5.10 Å². The molecule has 0 saturated heterocycles. The minimum absolute atomic E-state index is 0.311. The maximum Gasteiger partial charge on any atom is 0.274 e. The number of hydrogen-bond acceptors (Lipinski definition) is 3. The van der Waals surface area contributed by atoms with E-state index >= 15 is 0 Å². The number of nitrogens with one attached hydrogen (secondary N) is 1. The first-order valence-corrected chi connectivity index (χ1v) is 5.72. The predicted molar refractivity (Wildman–Crippen MR) is 69.5 cm³/mol. The molecule has 0 spiro atoms. The van der Waals surface area contributed by atoms with Crippen LogP contribution in [0, 0.1) is 12.7 Å². The number of halogens is 1. The van der Waals surface area contributed by atoms with Gasteiger partial charge in [-0.2, -0.15) is 5.10 Å². The molecule has 1 heterocycles. The molecule has 19 heavy (non-hydrogen) atoms. The normalized spacial score (nSPS) is 11.4. The standard InChI is InChI=1S/C14H13FN2O2/c1-9(11-3-5-12(15)6-4-11)16-17-14(18)13-7-8-19-10(13)2/h3-8H,1-2H3,(H,17,18)/b16-9-. The van der Waals surface area contributed by atoms with E-state index in [4.69, 9.17) is 4.42 Å². The molecule has 0 saturated carbocycles. The van der Waals surface area contributed by atoms with E-state index in [1.807, 2.05) is 0 Å². The topological polar surface area (TPSA) is 54.6 Å². The van der Waals surface area contributed by atoms with Crippen molar-refractivity contribution in [3.8, 4) is 0 Å². The van der Waals surface area contributed by atoms with E-state index in [0.717, 1.165) is 5.56 Å². The molecule has 1 amide bonds. The summed E-state index contributed by atoms with van der Waals surface area (Å²) in [6.45, 7) is 3.43. The van der Waals surface area contributed by atoms with E-state index in [2.05, 4.69) is 10.5 Å². The molecule has 1 aromatic heterocycles. The van der Waals surface area contributed by atoms with Gasteiger partial charge in [0.25, 0.3) is 5.91 Å². The highest BCUT2D eigenvalue weighted by atomic mass is 19.1. The van der Waals surface area contributed by atoms with Crippen molar-refractivity contribution < 1.29 is 13.6 Å². The van der Waals surface area contributed by atoms with Crippen LogP contribution in [0.5, 0.6) is 0 Å². The highest BCUT2D eigenvalue weighted by molar-refractivity contribution is 6.01. The zero-order valence-corrected chi connectivity index (χ0v) is 10.6. The Morgan fingerprint density at radius 2 is 1.95 bits per heavy atom. The Labute approximate surface area is 109 Å². The molecule has 2 rings (SSSR count). The zero-order chi connectivity index (χ0) is 13.8. The number of carbonyl (C=O) groups is 1. The van der Waals surface area contributed by atoms with Crippen LogP contribution < -0.4 is 5.43 Å². The third kappa shape index (κ3) is 3.07. The summed E-state index contributed by atoms with van der Waals surface area (Å²) in [5.41, 5.74) is 4.21. The molecule has 0 fully saturated rings. The smallest absolute Gasteiger partial charge is 0.274 e. The molecular formula is C14H13FN2O2. The Hall–Kier alpha value is -2.43. The molecule has 0 aliphatic carbocycles. The Balaban J connectivity index is 2.08. The number of furan rings is 1. The molecule has 0 atom stereocenters. The minimum atomic E-state index is -0.340. The number of carbonyl (C=O) groups excluding carboxylic acids is 1. The van der Waals surface area contributed by atoms with Crippen molar-refractivity contribution >= 4 is 11.6 Å². The first-order valence-electron chi connectivity index (χ1n) is 5.72. The van der Waals surface area contributed by atoms with Gasteiger partial charge in [0.05, 0.1) is 17.5 Å². The lowest BCUT2D eigenvalue weighted by Gasteiger charge is -2.02. The lowest BCUT2D eigenvalue weighted by atomic mass is 10.1. The fraction of sp³-hybridized carbons (Fsp3) is 0.143. The Kier molecular flexibility index (Phi) is 3.75. The molecule has 0 aliphatic rings. The van der Waals surface area contributed by atoms with Gasteiger partial charge in [-0.3, -0.25) is 4.79 Å². The van der Waals surface area contributed by atoms with E-state index in [1.54, 1.807) is 32.0 Å². The van der Waals surface area contributed by atoms with Crippen molar-refractivity contribution in [3.63, 3.8) is 0 Å². The highest BCUT2D eigenvalue weighted by Crippen LogP contribution is 2.08. The number of hydrazone groups is 1. The van der Waals surface area contributed by atoms with Gasteiger partial charge in [0.1, 0.15) is 11.6 Å². The number of rotatable bonds is 3. The SMILES string of the molecule is C/C(=N/NC(=O)c1ccoc1C)c1ccc(F)cc1. The molecule has 0 unspecified atom stereocenters. The monoisotopic (exact) mass is 260 g/mol. The summed E-state index contributed by atoms with van der Waals surface area (Å²) in [7, 11) is 0. The van der Waals surface area contributed by atoms with Gasteiger partial charge >= 0.3 is 0 Å². The summed E-state index contributed by atoms with van der Waals surface area (Å²) < 4.78 is 17.8. The second-order valence-electron chi connectivity index (χ2n) is 4.04. The van der Waals surface area contributed by atoms with Crippen LogP contribution in [-0.2, 0) is 0 Å². The van der Waals surface area contributed by atoms with Gasteiger partial charge in [-0.05, 0) is 37.6 Å². The molecule has 0 aliphatic heterocycles. The highest BCUT2D eigenvalue weighted by Gasteiger charge is 2.10. The molecule has 98 valence electrons. The van der Waals surface area contributed by atoms with Crippen LogP contribution in [0.1, 0.15) is 28.6 Å². The Morgan fingerprint density at radius 3 is 2.53 bits per heavy atom. The van der Waals surface area contributed by atoms with E-state index < -0.39 is 0 Å². The number of nitrogens with zero attached hydrogens (tertiary/aromatic N) is 1. The largest absolute Gasteiger partial charge is 0.469 e. The van der Waals surface area contributed by atoms with Crippen LogP contribution in [0.15, 0.2) is 46.1 Å². The zero-order valence-electron chi connectivity index (χ0n) is 10.6. The Bertz CT molecular complexity index is 615. The van der Waals surface area contributed by atoms with Crippen molar-refractivity contribution in [3.05, 3.63) is 59.3 Å². The lowest BCUT2D eigenvalue weighted by molar-refractivity contribution is 0.0953.